The Morgan fingerprint density at radius 2 is 2.00 bits per heavy atom. The Morgan fingerprint density at radius 3 is 2.48 bits per heavy atom. The van der Waals surface area contributed by atoms with Gasteiger partial charge in [-0.25, -0.2) is 0 Å². The van der Waals surface area contributed by atoms with Gasteiger partial charge >= 0.3 is 0 Å². The molecule has 1 fully saturated rings. The van der Waals surface area contributed by atoms with E-state index in [4.69, 9.17) is 4.74 Å². The molecule has 0 radical (unpaired) electrons. The fourth-order valence-corrected chi connectivity index (χ4v) is 3.48. The van der Waals surface area contributed by atoms with E-state index in [2.05, 4.69) is 37.3 Å². The Morgan fingerprint density at radius 1 is 1.33 bits per heavy atom. The highest BCUT2D eigenvalue weighted by molar-refractivity contribution is 5.15. The number of methoxy groups -OCH3 is 1. The standard InChI is InChI=1S/C17H31N3O/c1-6-12-18-15(14-7-13-19-20(14)4)17(21-5)10-8-16(2,3)9-11-17/h7,13,15,18H,6,8-12H2,1-5H3. The molecule has 1 heterocycles. The van der Waals surface area contributed by atoms with Crippen molar-refractivity contribution in [2.45, 2.75) is 64.5 Å². The minimum absolute atomic E-state index is 0.113. The number of rotatable bonds is 6. The van der Waals surface area contributed by atoms with E-state index >= 15 is 0 Å². The van der Waals surface area contributed by atoms with Gasteiger partial charge < -0.3 is 10.1 Å². The normalized spacial score (nSPS) is 22.1. The van der Waals surface area contributed by atoms with Gasteiger partial charge in [-0.3, -0.25) is 4.68 Å². The SMILES string of the molecule is CCCNC(c1ccnn1C)C1(OC)CCC(C)(C)CC1. The minimum atomic E-state index is -0.113. The third kappa shape index (κ3) is 3.49. The van der Waals surface area contributed by atoms with Crippen LogP contribution in [0.15, 0.2) is 12.3 Å². The molecule has 1 aromatic rings. The molecule has 120 valence electrons. The van der Waals surface area contributed by atoms with Gasteiger partial charge in [-0.15, -0.1) is 0 Å². The number of aryl methyl sites for hydroxylation is 1. The van der Waals surface area contributed by atoms with E-state index in [1.54, 1.807) is 0 Å². The zero-order valence-electron chi connectivity index (χ0n) is 14.3. The van der Waals surface area contributed by atoms with Gasteiger partial charge in [0.2, 0.25) is 0 Å². The molecule has 1 N–H and O–H groups in total. The van der Waals surface area contributed by atoms with E-state index in [0.29, 0.717) is 5.41 Å². The van der Waals surface area contributed by atoms with Crippen LogP contribution in [0, 0.1) is 5.41 Å². The molecule has 1 atom stereocenters. The van der Waals surface area contributed by atoms with Crippen molar-refractivity contribution >= 4 is 0 Å². The predicted octanol–water partition coefficient (Wildman–Crippen LogP) is 3.45. The van der Waals surface area contributed by atoms with E-state index < -0.39 is 0 Å². The lowest BCUT2D eigenvalue weighted by atomic mass is 9.68. The first-order valence-corrected chi connectivity index (χ1v) is 8.20. The first kappa shape index (κ1) is 16.5. The Balaban J connectivity index is 2.27. The van der Waals surface area contributed by atoms with Crippen molar-refractivity contribution in [2.75, 3.05) is 13.7 Å². The summed E-state index contributed by atoms with van der Waals surface area (Å²) in [4.78, 5) is 0. The molecule has 2 rings (SSSR count). The van der Waals surface area contributed by atoms with Crippen molar-refractivity contribution < 1.29 is 4.74 Å². The molecule has 0 amide bonds. The van der Waals surface area contributed by atoms with E-state index in [-0.39, 0.29) is 11.6 Å². The number of ether oxygens (including phenoxy) is 1. The molecule has 1 aromatic heterocycles. The van der Waals surface area contributed by atoms with Crippen LogP contribution >= 0.6 is 0 Å². The fourth-order valence-electron chi connectivity index (χ4n) is 3.48. The van der Waals surface area contributed by atoms with E-state index in [1.165, 1.54) is 18.5 Å². The van der Waals surface area contributed by atoms with Crippen LogP contribution in [0.4, 0.5) is 0 Å². The van der Waals surface area contributed by atoms with Gasteiger partial charge in [-0.1, -0.05) is 20.8 Å². The Hall–Kier alpha value is -0.870. The third-order valence-corrected chi connectivity index (χ3v) is 5.14. The van der Waals surface area contributed by atoms with Crippen LogP contribution in [0.25, 0.3) is 0 Å². The number of nitrogens with zero attached hydrogens (tertiary/aromatic N) is 2. The third-order valence-electron chi connectivity index (χ3n) is 5.14. The largest absolute Gasteiger partial charge is 0.376 e. The van der Waals surface area contributed by atoms with Crippen molar-refractivity contribution in [2.24, 2.45) is 12.5 Å². The summed E-state index contributed by atoms with van der Waals surface area (Å²) in [6, 6.07) is 2.33. The molecule has 1 saturated carbocycles. The zero-order chi connectivity index (χ0) is 15.5. The average Bonchev–Trinajstić information content (AvgIpc) is 2.87. The molecule has 0 spiro atoms. The number of nitrogens with one attached hydrogen (secondary N) is 1. The molecule has 1 aliphatic rings. The van der Waals surface area contributed by atoms with Gasteiger partial charge in [-0.2, -0.15) is 5.10 Å². The maximum atomic E-state index is 6.11. The van der Waals surface area contributed by atoms with Crippen molar-refractivity contribution in [1.82, 2.24) is 15.1 Å². The molecule has 4 nitrogen and oxygen atoms in total. The lowest BCUT2D eigenvalue weighted by molar-refractivity contribution is -0.0891. The number of hydrogen-bond acceptors (Lipinski definition) is 3. The van der Waals surface area contributed by atoms with Gasteiger partial charge in [0.25, 0.3) is 0 Å². The van der Waals surface area contributed by atoms with Gasteiger partial charge in [0.05, 0.1) is 17.3 Å². The maximum Gasteiger partial charge on any atom is 0.0888 e. The summed E-state index contributed by atoms with van der Waals surface area (Å²) in [5.74, 6) is 0. The van der Waals surface area contributed by atoms with Gasteiger partial charge in [0, 0.05) is 20.4 Å². The second kappa shape index (κ2) is 6.49. The van der Waals surface area contributed by atoms with Crippen LogP contribution in [0.3, 0.4) is 0 Å². The summed E-state index contributed by atoms with van der Waals surface area (Å²) < 4.78 is 8.09. The zero-order valence-corrected chi connectivity index (χ0v) is 14.3. The smallest absolute Gasteiger partial charge is 0.0888 e. The van der Waals surface area contributed by atoms with Gasteiger partial charge in [0.1, 0.15) is 0 Å². The minimum Gasteiger partial charge on any atom is -0.376 e. The van der Waals surface area contributed by atoms with Crippen LogP contribution in [0.5, 0.6) is 0 Å². The summed E-state index contributed by atoms with van der Waals surface area (Å²) in [6.07, 6.45) is 7.63. The van der Waals surface area contributed by atoms with Crippen LogP contribution in [0.1, 0.15) is 64.6 Å². The van der Waals surface area contributed by atoms with Crippen LogP contribution in [-0.2, 0) is 11.8 Å². The number of hydrogen-bond donors (Lipinski definition) is 1. The summed E-state index contributed by atoms with van der Waals surface area (Å²) in [5.41, 5.74) is 1.55. The Labute approximate surface area is 129 Å². The predicted molar refractivity (Wildman–Crippen MR) is 86.2 cm³/mol. The maximum absolute atomic E-state index is 6.11. The van der Waals surface area contributed by atoms with Crippen LogP contribution in [0.2, 0.25) is 0 Å². The molecule has 4 heteroatoms. The van der Waals surface area contributed by atoms with Crippen molar-refractivity contribution in [3.63, 3.8) is 0 Å². The molecule has 1 aliphatic carbocycles. The summed E-state index contributed by atoms with van der Waals surface area (Å²) in [5, 5.41) is 8.07. The molecule has 21 heavy (non-hydrogen) atoms. The van der Waals surface area contributed by atoms with Gasteiger partial charge in [-0.05, 0) is 50.1 Å². The quantitative estimate of drug-likeness (QED) is 0.873. The molecule has 0 bridgehead atoms. The second-order valence-electron chi connectivity index (χ2n) is 7.20. The molecule has 0 aliphatic heterocycles. The van der Waals surface area contributed by atoms with Crippen molar-refractivity contribution in [3.8, 4) is 0 Å². The Kier molecular flexibility index (Phi) is 5.10. The first-order chi connectivity index (χ1) is 9.94. The summed E-state index contributed by atoms with van der Waals surface area (Å²) in [7, 11) is 3.89. The summed E-state index contributed by atoms with van der Waals surface area (Å²) in [6.45, 7) is 7.94. The van der Waals surface area contributed by atoms with E-state index in [0.717, 1.165) is 25.8 Å². The Bertz CT molecular complexity index is 443. The second-order valence-corrected chi connectivity index (χ2v) is 7.20. The van der Waals surface area contributed by atoms with E-state index in [1.807, 2.05) is 25.0 Å². The number of aromatic nitrogens is 2. The van der Waals surface area contributed by atoms with E-state index in [9.17, 15) is 0 Å². The topological polar surface area (TPSA) is 39.1 Å². The molecule has 0 saturated heterocycles. The molecule has 0 aromatic carbocycles. The molecule has 1 unspecified atom stereocenters. The van der Waals surface area contributed by atoms with Crippen molar-refractivity contribution in [1.29, 1.82) is 0 Å². The van der Waals surface area contributed by atoms with Crippen LogP contribution < -0.4 is 5.32 Å². The lowest BCUT2D eigenvalue weighted by Crippen LogP contribution is -2.50. The fraction of sp³-hybridized carbons (Fsp3) is 0.824. The van der Waals surface area contributed by atoms with Crippen molar-refractivity contribution in [3.05, 3.63) is 18.0 Å². The van der Waals surface area contributed by atoms with Gasteiger partial charge in [0.15, 0.2) is 0 Å². The highest BCUT2D eigenvalue weighted by atomic mass is 16.5. The first-order valence-electron chi connectivity index (χ1n) is 8.20. The summed E-state index contributed by atoms with van der Waals surface area (Å²) >= 11 is 0. The monoisotopic (exact) mass is 293 g/mol. The highest BCUT2D eigenvalue weighted by Crippen LogP contribution is 2.47. The molecular formula is C17H31N3O. The highest BCUT2D eigenvalue weighted by Gasteiger charge is 2.45. The lowest BCUT2D eigenvalue weighted by Gasteiger charge is -2.47. The molecular weight excluding hydrogens is 262 g/mol. The van der Waals surface area contributed by atoms with Crippen LogP contribution in [-0.4, -0.2) is 29.0 Å². The average molecular weight is 293 g/mol.